The van der Waals surface area contributed by atoms with Gasteiger partial charge in [-0.2, -0.15) is 0 Å². The van der Waals surface area contributed by atoms with Crippen molar-refractivity contribution in [3.63, 3.8) is 0 Å². The van der Waals surface area contributed by atoms with Crippen molar-refractivity contribution in [1.29, 1.82) is 0 Å². The molecule has 2 aliphatic carbocycles. The minimum atomic E-state index is -0.979. The molecular weight excluding hydrogens is 572 g/mol. The molecule has 1 aliphatic heterocycles. The highest BCUT2D eigenvalue weighted by molar-refractivity contribution is 9.10. The Bertz CT molecular complexity index is 1340. The summed E-state index contributed by atoms with van der Waals surface area (Å²) in [5.41, 5.74) is 5.06. The number of carboxylic acid groups (broad SMARTS) is 1. The average Bonchev–Trinajstić information content (AvgIpc) is 3.30. The lowest BCUT2D eigenvalue weighted by atomic mass is 9.63. The van der Waals surface area contributed by atoms with Gasteiger partial charge in [-0.25, -0.2) is 9.59 Å². The quantitative estimate of drug-likeness (QED) is 0.335. The fourth-order valence-electron chi connectivity index (χ4n) is 6.85. The lowest BCUT2D eigenvalue weighted by Gasteiger charge is -2.49. The summed E-state index contributed by atoms with van der Waals surface area (Å²) < 4.78 is 12.8. The first-order valence-electron chi connectivity index (χ1n) is 14.0. The first-order valence-corrected chi connectivity index (χ1v) is 14.8. The van der Waals surface area contributed by atoms with Gasteiger partial charge in [-0.3, -0.25) is 4.98 Å². The van der Waals surface area contributed by atoms with Gasteiger partial charge in [0.05, 0.1) is 5.69 Å². The molecular formula is C32H33BrN2O5. The van der Waals surface area contributed by atoms with Crippen molar-refractivity contribution in [3.8, 4) is 11.1 Å². The molecule has 6 rings (SSSR count). The lowest BCUT2D eigenvalue weighted by molar-refractivity contribution is -0.158. The number of carbonyl (C=O) groups is 2. The van der Waals surface area contributed by atoms with Crippen molar-refractivity contribution in [2.24, 2.45) is 5.41 Å². The Balaban J connectivity index is 1.06. The zero-order chi connectivity index (χ0) is 27.7. The molecule has 7 nitrogen and oxygen atoms in total. The molecule has 1 amide bonds. The summed E-state index contributed by atoms with van der Waals surface area (Å²) in [6, 6.07) is 20.6. The van der Waals surface area contributed by atoms with Gasteiger partial charge in [0.2, 0.25) is 0 Å². The molecule has 0 radical (unpaired) electrons. The van der Waals surface area contributed by atoms with Crippen molar-refractivity contribution in [1.82, 2.24) is 9.88 Å². The minimum Gasteiger partial charge on any atom is -0.480 e. The van der Waals surface area contributed by atoms with Crippen molar-refractivity contribution in [2.75, 3.05) is 26.3 Å². The van der Waals surface area contributed by atoms with Crippen LogP contribution >= 0.6 is 15.9 Å². The zero-order valence-corrected chi connectivity index (χ0v) is 23.9. The molecule has 3 aromatic rings. The van der Waals surface area contributed by atoms with E-state index in [1.54, 1.807) is 6.20 Å². The Labute approximate surface area is 242 Å². The van der Waals surface area contributed by atoms with Crippen molar-refractivity contribution < 1.29 is 24.2 Å². The second kappa shape index (κ2) is 11.0. The van der Waals surface area contributed by atoms with E-state index < -0.39 is 11.6 Å². The maximum absolute atomic E-state index is 13.1. The first kappa shape index (κ1) is 27.0. The van der Waals surface area contributed by atoms with Crippen LogP contribution in [0.3, 0.4) is 0 Å². The largest absolute Gasteiger partial charge is 0.480 e. The number of hydrogen-bond acceptors (Lipinski definition) is 5. The summed E-state index contributed by atoms with van der Waals surface area (Å²) in [6.07, 6.45) is 6.52. The summed E-state index contributed by atoms with van der Waals surface area (Å²) in [6.45, 7) is 1.31. The van der Waals surface area contributed by atoms with Crippen LogP contribution in [0.15, 0.2) is 71.3 Å². The van der Waals surface area contributed by atoms with E-state index in [0.717, 1.165) is 35.8 Å². The summed E-state index contributed by atoms with van der Waals surface area (Å²) in [4.78, 5) is 30.9. The number of benzene rings is 2. The predicted molar refractivity (Wildman–Crippen MR) is 154 cm³/mol. The van der Waals surface area contributed by atoms with Gasteiger partial charge in [-0.1, -0.05) is 48.5 Å². The number of halogens is 1. The number of hydrogen-bond donors (Lipinski definition) is 1. The number of rotatable bonds is 6. The monoisotopic (exact) mass is 604 g/mol. The maximum Gasteiger partial charge on any atom is 0.409 e. The molecule has 1 aromatic heterocycles. The fraction of sp³-hybridized carbons (Fsp3) is 0.406. The van der Waals surface area contributed by atoms with Crippen LogP contribution in [0.2, 0.25) is 0 Å². The highest BCUT2D eigenvalue weighted by Crippen LogP contribution is 2.52. The topological polar surface area (TPSA) is 89.0 Å². The number of piperidine rings is 1. The van der Waals surface area contributed by atoms with Gasteiger partial charge in [-0.15, -0.1) is 0 Å². The van der Waals surface area contributed by atoms with Crippen LogP contribution < -0.4 is 0 Å². The molecule has 1 spiro atoms. The van der Waals surface area contributed by atoms with E-state index in [-0.39, 0.29) is 24.0 Å². The SMILES string of the molecule is O=C(O)COC1(c2ccc(Br)cn2)CCC2(CCN(C(=O)OCC3c4ccccc4-c4ccccc43)CC2)CC1. The second-order valence-corrected chi connectivity index (χ2v) is 12.2. The molecule has 0 atom stereocenters. The van der Waals surface area contributed by atoms with Crippen LogP contribution in [0.5, 0.6) is 0 Å². The van der Waals surface area contributed by atoms with E-state index >= 15 is 0 Å². The van der Waals surface area contributed by atoms with Crippen molar-refractivity contribution in [2.45, 2.75) is 50.0 Å². The molecule has 2 heterocycles. The van der Waals surface area contributed by atoms with Crippen molar-refractivity contribution in [3.05, 3.63) is 88.2 Å². The number of ether oxygens (including phenoxy) is 2. The lowest BCUT2D eigenvalue weighted by Crippen LogP contribution is -2.47. The number of amides is 1. The normalized spacial score (nSPS) is 19.2. The molecule has 1 saturated heterocycles. The molecule has 2 aromatic carbocycles. The van der Waals surface area contributed by atoms with Gasteiger partial charge in [0.1, 0.15) is 18.8 Å². The van der Waals surface area contributed by atoms with Gasteiger partial charge in [-0.05, 0) is 94.3 Å². The molecule has 208 valence electrons. The standard InChI is InChI=1S/C32H33BrN2O5/c33-22-9-10-28(34-19-22)32(40-21-29(36)37)13-11-31(12-14-32)15-17-35(18-16-31)30(38)39-20-27-25-7-3-1-5-23(25)24-6-2-4-8-26(24)27/h1-10,19,27H,11-18,20-21H2,(H,36,37). The number of nitrogens with zero attached hydrogens (tertiary/aromatic N) is 2. The number of pyridine rings is 1. The molecule has 1 saturated carbocycles. The third-order valence-electron chi connectivity index (χ3n) is 9.20. The van der Waals surface area contributed by atoms with Gasteiger partial charge in [0.25, 0.3) is 0 Å². The molecule has 40 heavy (non-hydrogen) atoms. The Hall–Kier alpha value is -3.23. The van der Waals surface area contributed by atoms with E-state index in [1.807, 2.05) is 29.2 Å². The highest BCUT2D eigenvalue weighted by atomic mass is 79.9. The van der Waals surface area contributed by atoms with Crippen molar-refractivity contribution >= 4 is 28.0 Å². The summed E-state index contributed by atoms with van der Waals surface area (Å²) in [7, 11) is 0. The Morgan fingerprint density at radius 1 is 0.900 bits per heavy atom. The molecule has 2 fully saturated rings. The minimum absolute atomic E-state index is 0.0528. The third-order valence-corrected chi connectivity index (χ3v) is 9.67. The van der Waals surface area contributed by atoms with Crippen LogP contribution in [-0.2, 0) is 19.9 Å². The molecule has 3 aliphatic rings. The van der Waals surface area contributed by atoms with E-state index in [0.29, 0.717) is 32.5 Å². The van der Waals surface area contributed by atoms with Gasteiger partial charge >= 0.3 is 12.1 Å². The average molecular weight is 606 g/mol. The Kier molecular flexibility index (Phi) is 7.40. The number of likely N-dealkylation sites (tertiary alicyclic amines) is 1. The highest BCUT2D eigenvalue weighted by Gasteiger charge is 2.47. The van der Waals surface area contributed by atoms with Crippen LogP contribution in [0.25, 0.3) is 11.1 Å². The predicted octanol–water partition coefficient (Wildman–Crippen LogP) is 6.75. The fourth-order valence-corrected chi connectivity index (χ4v) is 7.09. The second-order valence-electron chi connectivity index (χ2n) is 11.3. The number of fused-ring (bicyclic) bond motifs is 3. The number of aromatic nitrogens is 1. The van der Waals surface area contributed by atoms with E-state index in [1.165, 1.54) is 22.3 Å². The van der Waals surface area contributed by atoms with Crippen LogP contribution in [0, 0.1) is 5.41 Å². The number of carbonyl (C=O) groups excluding carboxylic acids is 1. The molecule has 0 unspecified atom stereocenters. The molecule has 1 N–H and O–H groups in total. The number of carboxylic acids is 1. The van der Waals surface area contributed by atoms with Crippen LogP contribution in [-0.4, -0.2) is 53.4 Å². The third kappa shape index (κ3) is 5.15. The van der Waals surface area contributed by atoms with Gasteiger partial charge in [0, 0.05) is 29.7 Å². The molecule has 0 bridgehead atoms. The summed E-state index contributed by atoms with van der Waals surface area (Å²) in [5, 5.41) is 9.28. The Morgan fingerprint density at radius 2 is 1.52 bits per heavy atom. The van der Waals surface area contributed by atoms with E-state index in [2.05, 4.69) is 57.3 Å². The Morgan fingerprint density at radius 3 is 2.10 bits per heavy atom. The van der Waals surface area contributed by atoms with Gasteiger partial charge < -0.3 is 19.5 Å². The first-order chi connectivity index (χ1) is 19.4. The van der Waals surface area contributed by atoms with Gasteiger partial charge in [0.15, 0.2) is 0 Å². The van der Waals surface area contributed by atoms with Crippen LogP contribution in [0.1, 0.15) is 61.3 Å². The van der Waals surface area contributed by atoms with E-state index in [9.17, 15) is 14.7 Å². The summed E-state index contributed by atoms with van der Waals surface area (Å²) >= 11 is 3.43. The zero-order valence-electron chi connectivity index (χ0n) is 22.4. The maximum atomic E-state index is 13.1. The van der Waals surface area contributed by atoms with E-state index in [4.69, 9.17) is 9.47 Å². The molecule has 8 heteroatoms. The number of aliphatic carboxylic acids is 1. The van der Waals surface area contributed by atoms with Crippen LogP contribution in [0.4, 0.5) is 4.79 Å². The smallest absolute Gasteiger partial charge is 0.409 e. The summed E-state index contributed by atoms with van der Waals surface area (Å²) in [5.74, 6) is -0.926.